The fourth-order valence-corrected chi connectivity index (χ4v) is 3.32. The van der Waals surface area contributed by atoms with E-state index < -0.39 is 17.9 Å². The van der Waals surface area contributed by atoms with Crippen LogP contribution in [0.1, 0.15) is 5.56 Å². The maximum Gasteiger partial charge on any atom is 0.231 e. The van der Waals surface area contributed by atoms with Crippen molar-refractivity contribution in [2.45, 2.75) is 17.6 Å². The normalized spacial score (nSPS) is 11.8. The van der Waals surface area contributed by atoms with Crippen molar-refractivity contribution in [1.29, 1.82) is 0 Å². The van der Waals surface area contributed by atoms with Gasteiger partial charge in [0.05, 0.1) is 17.8 Å². The zero-order valence-corrected chi connectivity index (χ0v) is 15.9. The predicted octanol–water partition coefficient (Wildman–Crippen LogP) is 0.447. The Morgan fingerprint density at radius 2 is 1.86 bits per heavy atom. The molecule has 1 atom stereocenters. The molecule has 0 saturated heterocycles. The Morgan fingerprint density at radius 1 is 1.14 bits per heavy atom. The van der Waals surface area contributed by atoms with E-state index in [4.69, 9.17) is 0 Å². The highest BCUT2D eigenvalue weighted by molar-refractivity contribution is 7.99. The predicted molar refractivity (Wildman–Crippen MR) is 102 cm³/mol. The summed E-state index contributed by atoms with van der Waals surface area (Å²) < 4.78 is 1.77. The molecule has 0 bridgehead atoms. The lowest BCUT2D eigenvalue weighted by molar-refractivity contribution is -0.308. The number of thioether (sulfide) groups is 1. The maximum absolute atomic E-state index is 12.2. The van der Waals surface area contributed by atoms with Gasteiger partial charge < -0.3 is 19.8 Å². The van der Waals surface area contributed by atoms with Crippen molar-refractivity contribution in [1.82, 2.24) is 25.1 Å². The Labute approximate surface area is 166 Å². The number of carbonyl (C=O) groups is 2. The average Bonchev–Trinajstić information content (AvgIpc) is 3.07. The third-order valence-corrected chi connectivity index (χ3v) is 5.03. The lowest BCUT2D eigenvalue weighted by atomic mass is 10.1. The molecule has 3 aromatic rings. The van der Waals surface area contributed by atoms with Gasteiger partial charge in [-0.1, -0.05) is 42.1 Å². The summed E-state index contributed by atoms with van der Waals surface area (Å²) in [5.74, 6) is -1.06. The van der Waals surface area contributed by atoms with Crippen LogP contribution < -0.4 is 10.4 Å². The second kappa shape index (κ2) is 9.14. The van der Waals surface area contributed by atoms with Crippen LogP contribution in [0.25, 0.3) is 11.4 Å². The van der Waals surface area contributed by atoms with E-state index in [1.165, 1.54) is 11.8 Å². The van der Waals surface area contributed by atoms with Gasteiger partial charge in [0.2, 0.25) is 5.91 Å². The SMILES string of the molecule is Cn1c(SCC(=O)N[C@@H](Cc2ccccc2)C(=O)[O-])nnc1-c1ccncc1. The number of nitrogens with zero attached hydrogens (tertiary/aromatic N) is 4. The Bertz CT molecular complexity index is 947. The number of carboxylic acids is 1. The highest BCUT2D eigenvalue weighted by atomic mass is 32.2. The van der Waals surface area contributed by atoms with Crippen LogP contribution in [0, 0.1) is 0 Å². The molecule has 2 aromatic heterocycles. The van der Waals surface area contributed by atoms with Crippen molar-refractivity contribution in [2.75, 3.05) is 5.75 Å². The smallest absolute Gasteiger partial charge is 0.231 e. The van der Waals surface area contributed by atoms with E-state index in [1.54, 1.807) is 36.1 Å². The van der Waals surface area contributed by atoms with Crippen LogP contribution >= 0.6 is 11.8 Å². The summed E-state index contributed by atoms with van der Waals surface area (Å²) in [7, 11) is 1.80. The second-order valence-corrected chi connectivity index (χ2v) is 6.96. The standard InChI is InChI=1S/C19H19N5O3S/c1-24-17(14-7-9-20-10-8-14)22-23-19(24)28-12-16(25)21-15(18(26)27)11-13-5-3-2-4-6-13/h2-10,15H,11-12H2,1H3,(H,21,25)(H,26,27)/p-1/t15-/m0/s1. The van der Waals surface area contributed by atoms with E-state index in [9.17, 15) is 14.7 Å². The van der Waals surface area contributed by atoms with Crippen molar-refractivity contribution < 1.29 is 14.7 Å². The molecular formula is C19H18N5O3S-. The van der Waals surface area contributed by atoms with Crippen LogP contribution in [-0.2, 0) is 23.1 Å². The first-order chi connectivity index (χ1) is 13.5. The van der Waals surface area contributed by atoms with E-state index in [0.717, 1.165) is 11.1 Å². The van der Waals surface area contributed by atoms with Crippen LogP contribution in [0.3, 0.4) is 0 Å². The fraction of sp³-hybridized carbons (Fsp3) is 0.211. The molecule has 1 amide bonds. The van der Waals surface area contributed by atoms with Crippen LogP contribution in [0.4, 0.5) is 0 Å². The van der Waals surface area contributed by atoms with E-state index in [2.05, 4.69) is 20.5 Å². The number of amides is 1. The highest BCUT2D eigenvalue weighted by Crippen LogP contribution is 2.21. The van der Waals surface area contributed by atoms with Gasteiger partial charge in [0.1, 0.15) is 0 Å². The molecule has 9 heteroatoms. The van der Waals surface area contributed by atoms with Crippen molar-refractivity contribution in [3.05, 3.63) is 60.4 Å². The van der Waals surface area contributed by atoms with Gasteiger partial charge in [-0.25, -0.2) is 0 Å². The van der Waals surface area contributed by atoms with Crippen LogP contribution in [0.2, 0.25) is 0 Å². The van der Waals surface area contributed by atoms with Crippen LogP contribution in [-0.4, -0.2) is 43.4 Å². The summed E-state index contributed by atoms with van der Waals surface area (Å²) in [6, 6.07) is 11.6. The Balaban J connectivity index is 1.59. The molecule has 0 aliphatic carbocycles. The Kier molecular flexibility index (Phi) is 6.38. The number of aromatic nitrogens is 4. The number of hydrogen-bond donors (Lipinski definition) is 1. The number of carbonyl (C=O) groups excluding carboxylic acids is 2. The van der Waals surface area contributed by atoms with E-state index in [0.29, 0.717) is 11.0 Å². The zero-order valence-electron chi connectivity index (χ0n) is 15.1. The Morgan fingerprint density at radius 3 is 2.54 bits per heavy atom. The average molecular weight is 396 g/mol. The van der Waals surface area contributed by atoms with Crippen LogP contribution in [0.15, 0.2) is 60.0 Å². The summed E-state index contributed by atoms with van der Waals surface area (Å²) in [5.41, 5.74) is 1.67. The third-order valence-electron chi connectivity index (χ3n) is 4.01. The summed E-state index contributed by atoms with van der Waals surface area (Å²) >= 11 is 1.18. The number of pyridine rings is 1. The molecule has 0 fully saturated rings. The minimum absolute atomic E-state index is 0.0148. The first kappa shape index (κ1) is 19.6. The van der Waals surface area contributed by atoms with Crippen molar-refractivity contribution in [2.24, 2.45) is 7.05 Å². The lowest BCUT2D eigenvalue weighted by Crippen LogP contribution is -2.49. The number of carboxylic acid groups (broad SMARTS) is 1. The summed E-state index contributed by atoms with van der Waals surface area (Å²) in [6.07, 6.45) is 3.49. The summed E-state index contributed by atoms with van der Waals surface area (Å²) in [6.45, 7) is 0. The van der Waals surface area contributed by atoms with Gasteiger partial charge in [0.25, 0.3) is 0 Å². The molecule has 1 aromatic carbocycles. The van der Waals surface area contributed by atoms with Crippen LogP contribution in [0.5, 0.6) is 0 Å². The number of aliphatic carboxylic acids is 1. The van der Waals surface area contributed by atoms with E-state index in [1.807, 2.05) is 30.3 Å². The summed E-state index contributed by atoms with van der Waals surface area (Å²) in [5, 5.41) is 22.7. The van der Waals surface area contributed by atoms with Gasteiger partial charge in [-0.05, 0) is 24.1 Å². The molecule has 0 aliphatic heterocycles. The van der Waals surface area contributed by atoms with Gasteiger partial charge in [-0.2, -0.15) is 0 Å². The van der Waals surface area contributed by atoms with Gasteiger partial charge >= 0.3 is 0 Å². The van der Waals surface area contributed by atoms with Crippen molar-refractivity contribution in [3.8, 4) is 11.4 Å². The largest absolute Gasteiger partial charge is 0.548 e. The molecule has 3 rings (SSSR count). The molecule has 0 aliphatic rings. The molecular weight excluding hydrogens is 378 g/mol. The second-order valence-electron chi connectivity index (χ2n) is 6.02. The fourth-order valence-electron chi connectivity index (χ4n) is 2.60. The topological polar surface area (TPSA) is 113 Å². The number of hydrogen-bond acceptors (Lipinski definition) is 7. The first-order valence-electron chi connectivity index (χ1n) is 8.51. The Hall–Kier alpha value is -3.20. The lowest BCUT2D eigenvalue weighted by Gasteiger charge is -2.19. The van der Waals surface area contributed by atoms with E-state index in [-0.39, 0.29) is 12.2 Å². The van der Waals surface area contributed by atoms with Crippen molar-refractivity contribution in [3.63, 3.8) is 0 Å². The number of nitrogens with one attached hydrogen (secondary N) is 1. The molecule has 0 saturated carbocycles. The zero-order chi connectivity index (χ0) is 19.9. The third kappa shape index (κ3) is 4.95. The minimum Gasteiger partial charge on any atom is -0.548 e. The van der Waals surface area contributed by atoms with Gasteiger partial charge in [-0.15, -0.1) is 10.2 Å². The van der Waals surface area contributed by atoms with E-state index >= 15 is 0 Å². The molecule has 2 heterocycles. The molecule has 0 spiro atoms. The molecule has 144 valence electrons. The number of rotatable bonds is 8. The monoisotopic (exact) mass is 396 g/mol. The van der Waals surface area contributed by atoms with Gasteiger partial charge in [0.15, 0.2) is 11.0 Å². The quantitative estimate of drug-likeness (QED) is 0.550. The molecule has 8 nitrogen and oxygen atoms in total. The minimum atomic E-state index is -1.32. The molecule has 1 N–H and O–H groups in total. The number of benzene rings is 1. The molecule has 28 heavy (non-hydrogen) atoms. The van der Waals surface area contributed by atoms with Gasteiger partial charge in [0, 0.05) is 25.0 Å². The highest BCUT2D eigenvalue weighted by Gasteiger charge is 2.17. The van der Waals surface area contributed by atoms with Gasteiger partial charge in [-0.3, -0.25) is 9.78 Å². The van der Waals surface area contributed by atoms with Crippen molar-refractivity contribution >= 4 is 23.6 Å². The first-order valence-corrected chi connectivity index (χ1v) is 9.50. The molecule has 0 radical (unpaired) electrons. The molecule has 0 unspecified atom stereocenters. The maximum atomic E-state index is 12.2. The summed E-state index contributed by atoms with van der Waals surface area (Å²) in [4.78, 5) is 27.6.